The molecule has 5 atom stereocenters. The molecule has 3 saturated heterocycles. The van der Waals surface area contributed by atoms with E-state index in [0.29, 0.717) is 28.9 Å². The third-order valence-electron chi connectivity index (χ3n) is 6.06. The number of fused-ring (bicyclic) bond motifs is 6. The summed E-state index contributed by atoms with van der Waals surface area (Å²) in [7, 11) is 0. The second kappa shape index (κ2) is 5.63. The molecule has 6 heteroatoms. The summed E-state index contributed by atoms with van der Waals surface area (Å²) in [4.78, 5) is 15.4. The number of thioether (sulfide) groups is 1. The molecule has 0 aromatic heterocycles. The van der Waals surface area contributed by atoms with Crippen molar-refractivity contribution >= 4 is 17.8 Å². The first-order valence-electron chi connectivity index (χ1n) is 8.83. The normalized spacial score (nSPS) is 36.5. The van der Waals surface area contributed by atoms with E-state index in [1.165, 1.54) is 6.07 Å². The van der Waals surface area contributed by atoms with Gasteiger partial charge in [-0.15, -0.1) is 11.8 Å². The summed E-state index contributed by atoms with van der Waals surface area (Å²) in [5.41, 5.74) is 0.919. The fraction of sp³-hybridized carbons (Fsp3) is 0.611. The minimum atomic E-state index is -0.180. The number of nitrogens with zero attached hydrogens (tertiary/aromatic N) is 1. The number of carbonyl (C=O) groups excluding carboxylic acids is 1. The number of ether oxygens (including phenoxy) is 1. The zero-order valence-corrected chi connectivity index (χ0v) is 14.2. The maximum Gasteiger partial charge on any atom is 0.317 e. The lowest BCUT2D eigenvalue weighted by Crippen LogP contribution is -2.42. The van der Waals surface area contributed by atoms with Gasteiger partial charge in [0.15, 0.2) is 0 Å². The zero-order valence-electron chi connectivity index (χ0n) is 13.4. The summed E-state index contributed by atoms with van der Waals surface area (Å²) in [6.45, 7) is 1.60. The first kappa shape index (κ1) is 15.0. The van der Waals surface area contributed by atoms with Crippen LogP contribution in [0.4, 0.5) is 9.18 Å². The van der Waals surface area contributed by atoms with E-state index in [1.807, 2.05) is 11.0 Å². The largest absolute Gasteiger partial charge is 0.374 e. The van der Waals surface area contributed by atoms with Crippen LogP contribution in [0.2, 0.25) is 0 Å². The average Bonchev–Trinajstić information content (AvgIpc) is 3.29. The quantitative estimate of drug-likeness (QED) is 0.847. The predicted octanol–water partition coefficient (Wildman–Crippen LogP) is 3.18. The van der Waals surface area contributed by atoms with Gasteiger partial charge in [-0.25, -0.2) is 9.18 Å². The van der Waals surface area contributed by atoms with Gasteiger partial charge >= 0.3 is 6.03 Å². The van der Waals surface area contributed by atoms with Crippen molar-refractivity contribution in [1.82, 2.24) is 10.2 Å². The van der Waals surface area contributed by atoms with E-state index < -0.39 is 0 Å². The van der Waals surface area contributed by atoms with Gasteiger partial charge in [0.05, 0.1) is 18.2 Å². The molecule has 4 nitrogen and oxygen atoms in total. The van der Waals surface area contributed by atoms with E-state index in [1.54, 1.807) is 17.8 Å². The lowest BCUT2D eigenvalue weighted by atomic mass is 9.82. The third-order valence-corrected chi connectivity index (χ3v) is 7.22. The number of amides is 2. The van der Waals surface area contributed by atoms with Crippen molar-refractivity contribution in [2.45, 2.75) is 42.4 Å². The Morgan fingerprint density at radius 1 is 1.21 bits per heavy atom. The maximum atomic E-state index is 14.0. The number of halogens is 1. The van der Waals surface area contributed by atoms with Crippen molar-refractivity contribution < 1.29 is 13.9 Å². The Morgan fingerprint density at radius 3 is 2.71 bits per heavy atom. The molecule has 4 heterocycles. The molecular formula is C18H21FN2O2S. The Balaban J connectivity index is 1.30. The SMILES string of the molecule is O=C(N[C@@H]1CCSc2c(F)cccc21)N1C[C@@H]2[C@H](C1)[C@H]1CC[C@H]2O1. The number of rotatable bonds is 1. The second-order valence-electron chi connectivity index (χ2n) is 7.32. The van der Waals surface area contributed by atoms with Crippen LogP contribution in [0, 0.1) is 17.7 Å². The van der Waals surface area contributed by atoms with Gasteiger partial charge in [0.25, 0.3) is 0 Å². The highest BCUT2D eigenvalue weighted by Gasteiger charge is 2.53. The van der Waals surface area contributed by atoms with Gasteiger partial charge in [-0.1, -0.05) is 12.1 Å². The summed E-state index contributed by atoms with van der Waals surface area (Å²) in [6, 6.07) is 5.07. The van der Waals surface area contributed by atoms with Crippen molar-refractivity contribution in [1.29, 1.82) is 0 Å². The van der Waals surface area contributed by atoms with Gasteiger partial charge in [0.1, 0.15) is 5.82 Å². The molecule has 4 aliphatic rings. The summed E-state index contributed by atoms with van der Waals surface area (Å²) >= 11 is 1.54. The summed E-state index contributed by atoms with van der Waals surface area (Å²) < 4.78 is 19.9. The first-order valence-corrected chi connectivity index (χ1v) is 9.81. The molecule has 1 N–H and O–H groups in total. The Hall–Kier alpha value is -1.27. The van der Waals surface area contributed by atoms with Gasteiger partial charge in [-0.2, -0.15) is 0 Å². The standard InChI is InChI=1S/C18H21FN2O2S/c19-13-3-1-2-10-14(6-7-24-17(10)13)20-18(22)21-8-11-12(9-21)16-5-4-15(11)23-16/h1-3,11-12,14-16H,4-9H2,(H,20,22)/t11-,12+,14-,15-,16-/m1/s1. The van der Waals surface area contributed by atoms with Gasteiger partial charge in [-0.3, -0.25) is 0 Å². The van der Waals surface area contributed by atoms with Crippen molar-refractivity contribution in [3.63, 3.8) is 0 Å². The van der Waals surface area contributed by atoms with Crippen LogP contribution in [0.15, 0.2) is 23.1 Å². The Bertz CT molecular complexity index is 667. The smallest absolute Gasteiger partial charge is 0.317 e. The molecule has 0 spiro atoms. The van der Waals surface area contributed by atoms with Crippen LogP contribution in [0.25, 0.3) is 0 Å². The van der Waals surface area contributed by atoms with Crippen LogP contribution >= 0.6 is 11.8 Å². The monoisotopic (exact) mass is 348 g/mol. The molecule has 2 bridgehead atoms. The molecule has 3 fully saturated rings. The van der Waals surface area contributed by atoms with E-state index in [9.17, 15) is 9.18 Å². The molecule has 1 aromatic carbocycles. The molecule has 128 valence electrons. The molecule has 2 amide bonds. The Morgan fingerprint density at radius 2 is 1.96 bits per heavy atom. The number of nitrogens with one attached hydrogen (secondary N) is 1. The van der Waals surface area contributed by atoms with Crippen LogP contribution in [0.5, 0.6) is 0 Å². The number of hydrogen-bond acceptors (Lipinski definition) is 3. The molecule has 0 unspecified atom stereocenters. The van der Waals surface area contributed by atoms with Crippen LogP contribution in [0.3, 0.4) is 0 Å². The lowest BCUT2D eigenvalue weighted by Gasteiger charge is -2.28. The van der Waals surface area contributed by atoms with Crippen molar-refractivity contribution in [2.75, 3.05) is 18.8 Å². The highest BCUT2D eigenvalue weighted by atomic mass is 32.2. The summed E-state index contributed by atoms with van der Waals surface area (Å²) in [5, 5.41) is 3.15. The number of benzene rings is 1. The Kier molecular flexibility index (Phi) is 3.52. The second-order valence-corrected chi connectivity index (χ2v) is 8.43. The number of urea groups is 1. The fourth-order valence-electron chi connectivity index (χ4n) is 4.90. The predicted molar refractivity (Wildman–Crippen MR) is 89.5 cm³/mol. The van der Waals surface area contributed by atoms with Gasteiger partial charge in [0.2, 0.25) is 0 Å². The zero-order chi connectivity index (χ0) is 16.3. The first-order chi connectivity index (χ1) is 11.7. The number of hydrogen-bond donors (Lipinski definition) is 1. The van der Waals surface area contributed by atoms with Crippen molar-refractivity contribution in [3.05, 3.63) is 29.6 Å². The van der Waals surface area contributed by atoms with E-state index in [-0.39, 0.29) is 17.9 Å². The van der Waals surface area contributed by atoms with E-state index in [4.69, 9.17) is 4.74 Å². The molecule has 24 heavy (non-hydrogen) atoms. The maximum absolute atomic E-state index is 14.0. The van der Waals surface area contributed by atoms with E-state index in [2.05, 4.69) is 5.32 Å². The van der Waals surface area contributed by atoms with Gasteiger partial charge < -0.3 is 15.0 Å². The topological polar surface area (TPSA) is 41.6 Å². The number of likely N-dealkylation sites (tertiary alicyclic amines) is 1. The van der Waals surface area contributed by atoms with Gasteiger partial charge in [-0.05, 0) is 30.9 Å². The minimum absolute atomic E-state index is 0.00379. The third kappa shape index (κ3) is 2.26. The molecule has 1 aromatic rings. The Labute approximate surface area is 145 Å². The van der Waals surface area contributed by atoms with Crippen LogP contribution in [0.1, 0.15) is 30.9 Å². The molecule has 0 aliphatic carbocycles. The minimum Gasteiger partial charge on any atom is -0.374 e. The summed E-state index contributed by atoms with van der Waals surface area (Å²) in [6.07, 6.45) is 3.86. The highest BCUT2D eigenvalue weighted by Crippen LogP contribution is 2.47. The molecule has 0 saturated carbocycles. The highest BCUT2D eigenvalue weighted by molar-refractivity contribution is 7.99. The number of carbonyl (C=O) groups is 1. The average molecular weight is 348 g/mol. The van der Waals surface area contributed by atoms with Crippen molar-refractivity contribution in [3.8, 4) is 0 Å². The molecule has 4 aliphatic heterocycles. The fourth-order valence-corrected chi connectivity index (χ4v) is 6.04. The van der Waals surface area contributed by atoms with E-state index in [0.717, 1.165) is 43.7 Å². The summed E-state index contributed by atoms with van der Waals surface area (Å²) in [5.74, 6) is 1.69. The molecule has 5 rings (SSSR count). The van der Waals surface area contributed by atoms with Crippen LogP contribution in [-0.4, -0.2) is 42.0 Å². The van der Waals surface area contributed by atoms with Crippen LogP contribution < -0.4 is 5.32 Å². The van der Waals surface area contributed by atoms with E-state index >= 15 is 0 Å². The van der Waals surface area contributed by atoms with Crippen molar-refractivity contribution in [2.24, 2.45) is 11.8 Å². The van der Waals surface area contributed by atoms with Gasteiger partial charge in [0, 0.05) is 35.6 Å². The molecular weight excluding hydrogens is 327 g/mol. The lowest BCUT2D eigenvalue weighted by molar-refractivity contribution is 0.0737. The molecule has 0 radical (unpaired) electrons. The van der Waals surface area contributed by atoms with Crippen LogP contribution in [-0.2, 0) is 4.74 Å².